The fourth-order valence-corrected chi connectivity index (χ4v) is 5.48. The van der Waals surface area contributed by atoms with Gasteiger partial charge in [-0.3, -0.25) is 9.11 Å². The molecular weight excluding hydrogens is 765 g/mol. The Labute approximate surface area is 330 Å². The van der Waals surface area contributed by atoms with Crippen LogP contribution in [0.4, 0.5) is 0 Å². The fraction of sp³-hybridized carbons (Fsp3) is 0.400. The van der Waals surface area contributed by atoms with Crippen molar-refractivity contribution in [1.29, 1.82) is 0 Å². The highest BCUT2D eigenvalue weighted by Crippen LogP contribution is 2.35. The summed E-state index contributed by atoms with van der Waals surface area (Å²) in [6.45, 7) is 9.87. The molecule has 2 heterocycles. The van der Waals surface area contributed by atoms with Crippen molar-refractivity contribution < 1.29 is 54.4 Å². The van der Waals surface area contributed by atoms with Crippen molar-refractivity contribution >= 4 is 20.2 Å². The summed E-state index contributed by atoms with van der Waals surface area (Å²) < 4.78 is 87.6. The summed E-state index contributed by atoms with van der Waals surface area (Å²) in [5.41, 5.74) is 2.21. The molecule has 0 aliphatic carbocycles. The predicted molar refractivity (Wildman–Crippen MR) is 215 cm³/mol. The van der Waals surface area contributed by atoms with Crippen LogP contribution in [0.25, 0.3) is 0 Å². The molecule has 2 aliphatic heterocycles. The van der Waals surface area contributed by atoms with Crippen LogP contribution in [-0.4, -0.2) is 103 Å². The number of para-hydroxylation sites is 4. The van der Waals surface area contributed by atoms with Gasteiger partial charge in [0.25, 0.3) is 20.2 Å². The van der Waals surface area contributed by atoms with Crippen molar-refractivity contribution in [3.05, 3.63) is 120 Å². The van der Waals surface area contributed by atoms with Gasteiger partial charge in [-0.05, 0) is 49.2 Å². The Hall–Kier alpha value is -4.26. The third-order valence-corrected chi connectivity index (χ3v) is 7.65. The molecular formula is C40H54N2O12S2. The molecule has 0 unspecified atom stereocenters. The van der Waals surface area contributed by atoms with E-state index in [0.717, 1.165) is 60.3 Å². The summed E-state index contributed by atoms with van der Waals surface area (Å²) in [5.74, 6) is 3.02. The fourth-order valence-electron chi connectivity index (χ4n) is 5.48. The molecule has 0 amide bonds. The van der Waals surface area contributed by atoms with Gasteiger partial charge >= 0.3 is 0 Å². The number of hydrogen-bond donors (Lipinski definition) is 4. The highest BCUT2D eigenvalue weighted by Gasteiger charge is 2.30. The van der Waals surface area contributed by atoms with Gasteiger partial charge in [-0.25, -0.2) is 0 Å². The number of benzene rings is 4. The maximum atomic E-state index is 9.19. The molecule has 4 N–H and O–H groups in total. The SMILES string of the molecule is CCOc1ccccc1O[C@@H](c1ccccc1)[C@@H]1CNCCO1.CCOc1ccccc1O[C@H](c1ccccc1)[C@H]1CNCCO1.CS(=O)(=O)O.CS(=O)(=O)O. The van der Waals surface area contributed by atoms with Gasteiger partial charge in [0, 0.05) is 26.2 Å². The number of morpholine rings is 2. The smallest absolute Gasteiger partial charge is 0.261 e. The molecule has 14 nitrogen and oxygen atoms in total. The summed E-state index contributed by atoms with van der Waals surface area (Å²) in [5, 5.41) is 6.75. The predicted octanol–water partition coefficient (Wildman–Crippen LogP) is 5.40. The Balaban J connectivity index is 0.000000242. The van der Waals surface area contributed by atoms with Gasteiger partial charge in [0.2, 0.25) is 0 Å². The van der Waals surface area contributed by atoms with Crippen LogP contribution in [0.1, 0.15) is 37.2 Å². The first-order valence-corrected chi connectivity index (χ1v) is 21.8. The van der Waals surface area contributed by atoms with Gasteiger partial charge in [-0.15, -0.1) is 0 Å². The van der Waals surface area contributed by atoms with Crippen molar-refractivity contribution in [3.8, 4) is 23.0 Å². The Bertz CT molecular complexity index is 1740. The van der Waals surface area contributed by atoms with E-state index in [0.29, 0.717) is 38.9 Å². The van der Waals surface area contributed by atoms with Crippen molar-refractivity contribution in [2.75, 3.05) is 65.1 Å². The van der Waals surface area contributed by atoms with E-state index in [4.69, 9.17) is 37.5 Å². The quantitative estimate of drug-likeness (QED) is 0.133. The molecule has 2 saturated heterocycles. The Morgan fingerprint density at radius 3 is 1.16 bits per heavy atom. The summed E-state index contributed by atoms with van der Waals surface area (Å²) >= 11 is 0. The van der Waals surface area contributed by atoms with Gasteiger partial charge in [-0.2, -0.15) is 16.8 Å². The second kappa shape index (κ2) is 24.4. The lowest BCUT2D eigenvalue weighted by Crippen LogP contribution is -2.43. The van der Waals surface area contributed by atoms with Crippen LogP contribution in [0.15, 0.2) is 109 Å². The van der Waals surface area contributed by atoms with Crippen LogP contribution in [0, 0.1) is 0 Å². The minimum absolute atomic E-state index is 0.0270. The van der Waals surface area contributed by atoms with E-state index in [2.05, 4.69) is 34.9 Å². The van der Waals surface area contributed by atoms with Crippen LogP contribution in [0.5, 0.6) is 23.0 Å². The van der Waals surface area contributed by atoms with E-state index in [9.17, 15) is 16.8 Å². The van der Waals surface area contributed by atoms with Crippen molar-refractivity contribution in [3.63, 3.8) is 0 Å². The zero-order chi connectivity index (χ0) is 40.8. The van der Waals surface area contributed by atoms with Gasteiger partial charge in [0.1, 0.15) is 12.2 Å². The molecule has 4 aromatic rings. The first-order valence-electron chi connectivity index (χ1n) is 18.1. The number of ether oxygens (including phenoxy) is 6. The zero-order valence-corrected chi connectivity index (χ0v) is 33.8. The molecule has 0 spiro atoms. The zero-order valence-electron chi connectivity index (χ0n) is 32.2. The molecule has 0 radical (unpaired) electrons. The van der Waals surface area contributed by atoms with Crippen molar-refractivity contribution in [2.45, 2.75) is 38.3 Å². The normalized spacial score (nSPS) is 17.8. The summed E-state index contributed by atoms with van der Waals surface area (Å²) in [7, 11) is -7.33. The second-order valence-electron chi connectivity index (χ2n) is 12.4. The topological polar surface area (TPSA) is 188 Å². The molecule has 4 aromatic carbocycles. The molecule has 2 fully saturated rings. The van der Waals surface area contributed by atoms with Crippen LogP contribution < -0.4 is 29.6 Å². The third kappa shape index (κ3) is 18.6. The molecule has 56 heavy (non-hydrogen) atoms. The van der Waals surface area contributed by atoms with Gasteiger partial charge in [0.15, 0.2) is 35.2 Å². The van der Waals surface area contributed by atoms with Crippen LogP contribution >= 0.6 is 0 Å². The maximum absolute atomic E-state index is 9.19. The standard InChI is InChI=1S/2C19H23NO3.2CH4O3S/c2*1-2-21-16-10-6-7-11-17(16)23-19(15-8-4-3-5-9-15)18-14-20-12-13-22-18;2*1-5(2,3)4/h2*3-11,18-20H,2,12-14H2,1H3;2*1H3,(H,2,3,4)/t2*18-,19-;;/m10../s1. The molecule has 0 aromatic heterocycles. The highest BCUT2D eigenvalue weighted by atomic mass is 32.2. The molecule has 0 saturated carbocycles. The van der Waals surface area contributed by atoms with E-state index < -0.39 is 20.2 Å². The lowest BCUT2D eigenvalue weighted by molar-refractivity contribution is -0.0439. The lowest BCUT2D eigenvalue weighted by atomic mass is 10.0. The van der Waals surface area contributed by atoms with Crippen LogP contribution in [-0.2, 0) is 29.7 Å². The van der Waals surface area contributed by atoms with E-state index in [1.807, 2.05) is 98.8 Å². The van der Waals surface area contributed by atoms with Crippen LogP contribution in [0.3, 0.4) is 0 Å². The van der Waals surface area contributed by atoms with E-state index >= 15 is 0 Å². The Morgan fingerprint density at radius 1 is 0.571 bits per heavy atom. The Morgan fingerprint density at radius 2 is 0.875 bits per heavy atom. The first kappa shape index (κ1) is 46.1. The molecule has 16 heteroatoms. The third-order valence-electron chi connectivity index (χ3n) is 7.65. The van der Waals surface area contributed by atoms with Crippen molar-refractivity contribution in [1.82, 2.24) is 10.6 Å². The molecule has 4 atom stereocenters. The lowest BCUT2D eigenvalue weighted by Gasteiger charge is -2.32. The monoisotopic (exact) mass is 818 g/mol. The first-order chi connectivity index (χ1) is 26.8. The maximum Gasteiger partial charge on any atom is 0.261 e. The molecule has 2 aliphatic rings. The minimum Gasteiger partial charge on any atom is -0.490 e. The number of hydrogen-bond acceptors (Lipinski definition) is 12. The largest absolute Gasteiger partial charge is 0.490 e. The summed E-state index contributed by atoms with van der Waals surface area (Å²) in [6, 6.07) is 36.0. The van der Waals surface area contributed by atoms with Gasteiger partial charge in [0.05, 0.1) is 38.9 Å². The van der Waals surface area contributed by atoms with E-state index in [1.165, 1.54) is 0 Å². The van der Waals surface area contributed by atoms with E-state index in [-0.39, 0.29) is 24.4 Å². The van der Waals surface area contributed by atoms with Crippen molar-refractivity contribution in [2.24, 2.45) is 0 Å². The van der Waals surface area contributed by atoms with E-state index in [1.54, 1.807) is 0 Å². The van der Waals surface area contributed by atoms with Gasteiger partial charge < -0.3 is 39.1 Å². The number of nitrogens with one attached hydrogen (secondary N) is 2. The average molecular weight is 819 g/mol. The van der Waals surface area contributed by atoms with Gasteiger partial charge in [-0.1, -0.05) is 84.9 Å². The number of rotatable bonds is 12. The molecule has 308 valence electrons. The van der Waals surface area contributed by atoms with Crippen LogP contribution in [0.2, 0.25) is 0 Å². The average Bonchev–Trinajstić information content (AvgIpc) is 3.18. The summed E-state index contributed by atoms with van der Waals surface area (Å²) in [4.78, 5) is 0. The Kier molecular flexibility index (Phi) is 20.1. The minimum atomic E-state index is -3.67. The molecule has 6 rings (SSSR count). The second-order valence-corrected chi connectivity index (χ2v) is 15.3. The highest BCUT2D eigenvalue weighted by molar-refractivity contribution is 7.85. The summed E-state index contributed by atoms with van der Waals surface area (Å²) in [6.07, 6.45) is 1.03. The molecule has 0 bridgehead atoms.